The van der Waals surface area contributed by atoms with Crippen molar-refractivity contribution in [2.45, 2.75) is 105 Å². The Bertz CT molecular complexity index is 608. The van der Waals surface area contributed by atoms with Gasteiger partial charge in [-0.1, -0.05) is 83.6 Å². The number of allylic oxidation sites excluding steroid dienone is 4. The summed E-state index contributed by atoms with van der Waals surface area (Å²) in [5.74, 6) is 4.48. The summed E-state index contributed by atoms with van der Waals surface area (Å²) < 4.78 is 0. The molecular weight excluding hydrogens is 324 g/mol. The van der Waals surface area contributed by atoms with Gasteiger partial charge in [0.15, 0.2) is 0 Å². The molecule has 152 valence electrons. The highest BCUT2D eigenvalue weighted by atomic mass is 14.6. The quantitative estimate of drug-likeness (QED) is 0.457. The van der Waals surface area contributed by atoms with Crippen LogP contribution in [0.1, 0.15) is 105 Å². The molecule has 0 aliphatic heterocycles. The van der Waals surface area contributed by atoms with E-state index in [-0.39, 0.29) is 0 Å². The maximum atomic E-state index is 2.69. The van der Waals surface area contributed by atoms with Crippen LogP contribution < -0.4 is 0 Å². The predicted octanol–water partition coefficient (Wildman–Crippen LogP) is 8.34. The van der Waals surface area contributed by atoms with Crippen LogP contribution in [0.15, 0.2) is 23.3 Å². The molecule has 0 radical (unpaired) electrons. The van der Waals surface area contributed by atoms with Gasteiger partial charge < -0.3 is 0 Å². The summed E-state index contributed by atoms with van der Waals surface area (Å²) in [6.45, 7) is 12.7. The van der Waals surface area contributed by atoms with Crippen molar-refractivity contribution in [2.75, 3.05) is 0 Å². The van der Waals surface area contributed by atoms with Crippen LogP contribution in [-0.2, 0) is 0 Å². The summed E-state index contributed by atoms with van der Waals surface area (Å²) in [5, 5.41) is 0. The molecule has 0 aromatic heterocycles. The molecule has 0 nitrogen and oxygen atoms in total. The molecule has 4 rings (SSSR count). The van der Waals surface area contributed by atoms with Crippen LogP contribution in [0.4, 0.5) is 0 Å². The summed E-state index contributed by atoms with van der Waals surface area (Å²) in [6, 6.07) is 0. The van der Waals surface area contributed by atoms with E-state index in [1.807, 2.05) is 5.57 Å². The summed E-state index contributed by atoms with van der Waals surface area (Å²) in [5.41, 5.74) is 4.76. The van der Waals surface area contributed by atoms with Gasteiger partial charge in [0.2, 0.25) is 0 Å². The minimum Gasteiger partial charge on any atom is -0.0637 e. The summed E-state index contributed by atoms with van der Waals surface area (Å²) in [6.07, 6.45) is 21.1. The second-order valence-corrected chi connectivity index (χ2v) is 11.6. The number of hydrogen-bond acceptors (Lipinski definition) is 0. The maximum Gasteiger partial charge on any atom is -0.00476 e. The third-order valence-corrected chi connectivity index (χ3v) is 9.69. The van der Waals surface area contributed by atoms with Crippen molar-refractivity contribution in [1.82, 2.24) is 0 Å². The van der Waals surface area contributed by atoms with E-state index >= 15 is 0 Å². The number of rotatable bonds is 5. The molecule has 0 bridgehead atoms. The van der Waals surface area contributed by atoms with E-state index in [0.717, 1.165) is 29.6 Å². The Hall–Kier alpha value is -0.520. The Morgan fingerprint density at radius 3 is 2.52 bits per heavy atom. The van der Waals surface area contributed by atoms with Crippen molar-refractivity contribution in [1.29, 1.82) is 0 Å². The Kier molecular flexibility index (Phi) is 5.41. The lowest BCUT2D eigenvalue weighted by atomic mass is 9.50. The normalized spacial score (nSPS) is 42.1. The van der Waals surface area contributed by atoms with Gasteiger partial charge in [0.1, 0.15) is 0 Å². The van der Waals surface area contributed by atoms with E-state index in [2.05, 4.69) is 46.8 Å². The van der Waals surface area contributed by atoms with Gasteiger partial charge in [-0.3, -0.25) is 0 Å². The monoisotopic (exact) mass is 368 g/mol. The van der Waals surface area contributed by atoms with Crippen molar-refractivity contribution >= 4 is 0 Å². The maximum absolute atomic E-state index is 2.69. The predicted molar refractivity (Wildman–Crippen MR) is 118 cm³/mol. The fourth-order valence-corrected chi connectivity index (χ4v) is 8.06. The van der Waals surface area contributed by atoms with E-state index in [0.29, 0.717) is 10.8 Å². The van der Waals surface area contributed by atoms with E-state index in [9.17, 15) is 0 Å². The van der Waals surface area contributed by atoms with Crippen LogP contribution >= 0.6 is 0 Å². The van der Waals surface area contributed by atoms with Gasteiger partial charge in [-0.2, -0.15) is 0 Å². The van der Waals surface area contributed by atoms with Gasteiger partial charge in [-0.05, 0) is 85.4 Å². The molecule has 6 atom stereocenters. The second kappa shape index (κ2) is 7.38. The molecule has 0 spiro atoms. The SMILES string of the molecule is CC(C)CCCC(C)C1CCC2C3=CC=C4CCCCC4(C)C3CCC21C. The van der Waals surface area contributed by atoms with Crippen LogP contribution in [-0.4, -0.2) is 0 Å². The van der Waals surface area contributed by atoms with Crippen LogP contribution in [0.25, 0.3) is 0 Å². The van der Waals surface area contributed by atoms with Gasteiger partial charge in [0.05, 0.1) is 0 Å². The zero-order valence-corrected chi connectivity index (χ0v) is 18.8. The van der Waals surface area contributed by atoms with Gasteiger partial charge in [-0.15, -0.1) is 0 Å². The number of fused-ring (bicyclic) bond motifs is 5. The van der Waals surface area contributed by atoms with E-state index in [4.69, 9.17) is 0 Å². The van der Waals surface area contributed by atoms with E-state index in [1.54, 1.807) is 5.57 Å². The zero-order valence-electron chi connectivity index (χ0n) is 18.8. The van der Waals surface area contributed by atoms with Crippen molar-refractivity contribution in [3.05, 3.63) is 23.3 Å². The highest BCUT2D eigenvalue weighted by Crippen LogP contribution is 2.66. The Labute approximate surface area is 169 Å². The molecule has 0 saturated heterocycles. The zero-order chi connectivity index (χ0) is 19.2. The fraction of sp³-hybridized carbons (Fsp3) is 0.852. The first kappa shape index (κ1) is 19.8. The van der Waals surface area contributed by atoms with Gasteiger partial charge in [0.25, 0.3) is 0 Å². The van der Waals surface area contributed by atoms with Crippen LogP contribution in [0.5, 0.6) is 0 Å². The molecule has 0 N–H and O–H groups in total. The molecule has 27 heavy (non-hydrogen) atoms. The first-order chi connectivity index (χ1) is 12.9. The molecule has 3 fully saturated rings. The average Bonchev–Trinajstić information content (AvgIpc) is 2.98. The lowest BCUT2D eigenvalue weighted by molar-refractivity contribution is 0.0477. The van der Waals surface area contributed by atoms with Crippen LogP contribution in [0, 0.1) is 40.4 Å². The van der Waals surface area contributed by atoms with Crippen molar-refractivity contribution < 1.29 is 0 Å². The number of hydrogen-bond donors (Lipinski definition) is 0. The fourth-order valence-electron chi connectivity index (χ4n) is 8.06. The largest absolute Gasteiger partial charge is 0.0637 e. The third kappa shape index (κ3) is 3.28. The molecule has 0 amide bonds. The van der Waals surface area contributed by atoms with Gasteiger partial charge >= 0.3 is 0 Å². The Morgan fingerprint density at radius 2 is 1.74 bits per heavy atom. The van der Waals surface area contributed by atoms with Crippen molar-refractivity contribution in [3.63, 3.8) is 0 Å². The first-order valence-electron chi connectivity index (χ1n) is 12.3. The molecule has 6 unspecified atom stereocenters. The molecule has 4 aliphatic rings. The van der Waals surface area contributed by atoms with Gasteiger partial charge in [0, 0.05) is 0 Å². The van der Waals surface area contributed by atoms with Gasteiger partial charge in [-0.25, -0.2) is 0 Å². The molecule has 0 heteroatoms. The molecule has 4 aliphatic carbocycles. The Morgan fingerprint density at radius 1 is 0.926 bits per heavy atom. The smallest absolute Gasteiger partial charge is 0.00476 e. The minimum atomic E-state index is 0.505. The summed E-state index contributed by atoms with van der Waals surface area (Å²) in [4.78, 5) is 0. The summed E-state index contributed by atoms with van der Waals surface area (Å²) in [7, 11) is 0. The average molecular weight is 369 g/mol. The molecule has 0 aromatic rings. The Balaban J connectivity index is 1.52. The lowest BCUT2D eigenvalue weighted by Gasteiger charge is -2.54. The summed E-state index contributed by atoms with van der Waals surface area (Å²) >= 11 is 0. The molecular formula is C27H44. The first-order valence-corrected chi connectivity index (χ1v) is 12.3. The van der Waals surface area contributed by atoms with E-state index < -0.39 is 0 Å². The minimum absolute atomic E-state index is 0.505. The highest BCUT2D eigenvalue weighted by molar-refractivity contribution is 5.38. The van der Waals surface area contributed by atoms with Crippen LogP contribution in [0.2, 0.25) is 0 Å². The lowest BCUT2D eigenvalue weighted by Crippen LogP contribution is -2.45. The van der Waals surface area contributed by atoms with Crippen molar-refractivity contribution in [2.24, 2.45) is 40.4 Å². The standard InChI is InChI=1S/C27H44/c1-19(2)9-8-10-20(3)23-14-15-24-22-13-12-21-11-6-7-17-26(21,4)25(22)16-18-27(23,24)5/h12-13,19-20,23-25H,6-11,14-18H2,1-5H3. The molecule has 0 heterocycles. The highest BCUT2D eigenvalue weighted by Gasteiger charge is 2.56. The van der Waals surface area contributed by atoms with Crippen molar-refractivity contribution in [3.8, 4) is 0 Å². The second-order valence-electron chi connectivity index (χ2n) is 11.6. The molecule has 3 saturated carbocycles. The topological polar surface area (TPSA) is 0 Å². The molecule has 0 aromatic carbocycles. The van der Waals surface area contributed by atoms with Crippen LogP contribution in [0.3, 0.4) is 0 Å². The third-order valence-electron chi connectivity index (χ3n) is 9.69. The van der Waals surface area contributed by atoms with E-state index in [1.165, 1.54) is 70.6 Å².